The number of carbonyl (C=O) groups is 1. The van der Waals surface area contributed by atoms with Gasteiger partial charge in [0.05, 0.1) is 11.6 Å². The minimum atomic E-state index is -0.0288. The predicted molar refractivity (Wildman–Crippen MR) is 117 cm³/mol. The summed E-state index contributed by atoms with van der Waals surface area (Å²) < 4.78 is 11.4. The molecular weight excluding hydrogens is 398 g/mol. The number of hydrogen-bond acceptors (Lipinski definition) is 4. The molecule has 1 saturated carbocycles. The Labute approximate surface area is 182 Å². The number of nitrogens with zero attached hydrogens (tertiary/aromatic N) is 1. The molecule has 0 unspecified atom stereocenters. The van der Waals surface area contributed by atoms with Gasteiger partial charge < -0.3 is 9.47 Å². The number of benzene rings is 1. The van der Waals surface area contributed by atoms with E-state index in [-0.39, 0.29) is 23.9 Å². The van der Waals surface area contributed by atoms with E-state index >= 15 is 0 Å². The molecule has 0 amide bonds. The Morgan fingerprint density at radius 1 is 1.20 bits per heavy atom. The van der Waals surface area contributed by atoms with Crippen LogP contribution in [0, 0.1) is 29.6 Å². The molecule has 3 aliphatic rings. The van der Waals surface area contributed by atoms with E-state index in [0.29, 0.717) is 17.8 Å². The van der Waals surface area contributed by atoms with E-state index in [1.165, 1.54) is 0 Å². The lowest BCUT2D eigenvalue weighted by Crippen LogP contribution is -2.45. The maximum atomic E-state index is 12.4. The number of rotatable bonds is 3. The number of fused-ring (bicyclic) bond motifs is 2. The molecule has 1 aliphatic carbocycles. The standard InChI is InChI=1S/C25H26ClNO3/c1-15-24-22(21-9-10-29-14-18(21)12-23(24)25(28)30-15)8-7-20-6-5-17(13-27-20)16-3-2-4-19(26)11-16/h2-8,11,13,15,18,21-24H,9-10,12,14H2,1H3/b8-7+/t15-,18-,21-,22+,23-,24+/m1/s1. The molecule has 5 rings (SSSR count). The van der Waals surface area contributed by atoms with Gasteiger partial charge in [-0.1, -0.05) is 35.9 Å². The molecule has 3 fully saturated rings. The maximum Gasteiger partial charge on any atom is 0.309 e. The highest BCUT2D eigenvalue weighted by atomic mass is 35.5. The maximum absolute atomic E-state index is 12.4. The number of aromatic nitrogens is 1. The van der Waals surface area contributed by atoms with Gasteiger partial charge in [0.1, 0.15) is 6.10 Å². The summed E-state index contributed by atoms with van der Waals surface area (Å²) in [7, 11) is 0. The third-order valence-corrected chi connectivity index (χ3v) is 7.31. The molecule has 2 aromatic rings. The lowest BCUT2D eigenvalue weighted by Gasteiger charge is -2.45. The normalized spacial score (nSPS) is 33.2. The van der Waals surface area contributed by atoms with Crippen LogP contribution in [0.2, 0.25) is 5.02 Å². The van der Waals surface area contributed by atoms with Gasteiger partial charge in [0.25, 0.3) is 0 Å². The molecule has 2 aliphatic heterocycles. The molecule has 0 spiro atoms. The van der Waals surface area contributed by atoms with Gasteiger partial charge in [0.2, 0.25) is 0 Å². The van der Waals surface area contributed by atoms with Crippen molar-refractivity contribution in [1.82, 2.24) is 4.98 Å². The first-order chi connectivity index (χ1) is 14.6. The second-order valence-electron chi connectivity index (χ2n) is 8.77. The van der Waals surface area contributed by atoms with Crippen LogP contribution in [0.25, 0.3) is 17.2 Å². The van der Waals surface area contributed by atoms with E-state index in [1.807, 2.05) is 43.5 Å². The van der Waals surface area contributed by atoms with Gasteiger partial charge in [-0.15, -0.1) is 0 Å². The average molecular weight is 424 g/mol. The van der Waals surface area contributed by atoms with Gasteiger partial charge in [0.15, 0.2) is 0 Å². The van der Waals surface area contributed by atoms with Crippen molar-refractivity contribution in [2.24, 2.45) is 29.6 Å². The SMILES string of the molecule is C[C@H]1OC(=O)[C@@H]2C[C@@H]3COCC[C@H]3[C@H](/C=C/c3ccc(-c4cccc(Cl)c4)cn3)[C@H]12. The molecule has 1 aromatic carbocycles. The van der Waals surface area contributed by atoms with Crippen molar-refractivity contribution in [3.05, 3.63) is 59.4 Å². The summed E-state index contributed by atoms with van der Waals surface area (Å²) in [5, 5.41) is 0.719. The molecule has 2 saturated heterocycles. The molecule has 5 heteroatoms. The first-order valence-electron chi connectivity index (χ1n) is 10.8. The summed E-state index contributed by atoms with van der Waals surface area (Å²) in [6, 6.07) is 11.9. The van der Waals surface area contributed by atoms with E-state index in [4.69, 9.17) is 21.1 Å². The lowest BCUT2D eigenvalue weighted by molar-refractivity contribution is -0.144. The molecule has 0 radical (unpaired) electrons. The van der Waals surface area contributed by atoms with Crippen LogP contribution in [0.5, 0.6) is 0 Å². The Balaban J connectivity index is 1.39. The van der Waals surface area contributed by atoms with Crippen molar-refractivity contribution in [2.75, 3.05) is 13.2 Å². The van der Waals surface area contributed by atoms with E-state index < -0.39 is 0 Å². The summed E-state index contributed by atoms with van der Waals surface area (Å²) in [6.07, 6.45) is 8.19. The zero-order valence-corrected chi connectivity index (χ0v) is 17.8. The second kappa shape index (κ2) is 8.16. The van der Waals surface area contributed by atoms with Crippen LogP contribution in [0.4, 0.5) is 0 Å². The van der Waals surface area contributed by atoms with Crippen LogP contribution in [0.15, 0.2) is 48.7 Å². The van der Waals surface area contributed by atoms with Gasteiger partial charge in [0, 0.05) is 35.9 Å². The fourth-order valence-corrected chi connectivity index (χ4v) is 5.86. The minimum Gasteiger partial charge on any atom is -0.462 e. The second-order valence-corrected chi connectivity index (χ2v) is 9.20. The molecule has 6 atom stereocenters. The van der Waals surface area contributed by atoms with Crippen LogP contribution in [0.1, 0.15) is 25.5 Å². The van der Waals surface area contributed by atoms with Gasteiger partial charge in [-0.05, 0) is 67.4 Å². The Morgan fingerprint density at radius 3 is 2.90 bits per heavy atom. The molecule has 1 aromatic heterocycles. The Hall–Kier alpha value is -2.17. The number of halogens is 1. The lowest BCUT2D eigenvalue weighted by atomic mass is 9.60. The topological polar surface area (TPSA) is 48.4 Å². The molecular formula is C25H26ClNO3. The average Bonchev–Trinajstić information content (AvgIpc) is 3.05. The quantitative estimate of drug-likeness (QED) is 0.631. The molecule has 4 nitrogen and oxygen atoms in total. The third kappa shape index (κ3) is 3.67. The van der Waals surface area contributed by atoms with Crippen LogP contribution < -0.4 is 0 Å². The summed E-state index contributed by atoms with van der Waals surface area (Å²) in [5.74, 6) is 1.51. The molecule has 156 valence electrons. The number of cyclic esters (lactones) is 1. The Kier molecular flexibility index (Phi) is 5.38. The van der Waals surface area contributed by atoms with Crippen LogP contribution in [-0.4, -0.2) is 30.3 Å². The molecule has 0 N–H and O–H groups in total. The van der Waals surface area contributed by atoms with Crippen LogP contribution in [-0.2, 0) is 14.3 Å². The van der Waals surface area contributed by atoms with Crippen LogP contribution >= 0.6 is 11.6 Å². The van der Waals surface area contributed by atoms with Gasteiger partial charge in [-0.2, -0.15) is 0 Å². The summed E-state index contributed by atoms with van der Waals surface area (Å²) in [5.41, 5.74) is 3.02. The van der Waals surface area contributed by atoms with E-state index in [2.05, 4.69) is 23.2 Å². The highest BCUT2D eigenvalue weighted by molar-refractivity contribution is 6.30. The number of pyridine rings is 1. The fraction of sp³-hybridized carbons (Fsp3) is 0.440. The number of carbonyl (C=O) groups excluding carboxylic acids is 1. The molecule has 0 bridgehead atoms. The van der Waals surface area contributed by atoms with Crippen molar-refractivity contribution in [3.8, 4) is 11.1 Å². The van der Waals surface area contributed by atoms with Crippen molar-refractivity contribution in [2.45, 2.75) is 25.9 Å². The first-order valence-corrected chi connectivity index (χ1v) is 11.2. The summed E-state index contributed by atoms with van der Waals surface area (Å²) >= 11 is 6.11. The van der Waals surface area contributed by atoms with Gasteiger partial charge >= 0.3 is 5.97 Å². The zero-order valence-electron chi connectivity index (χ0n) is 17.0. The zero-order chi connectivity index (χ0) is 20.7. The Morgan fingerprint density at radius 2 is 2.10 bits per heavy atom. The molecule has 30 heavy (non-hydrogen) atoms. The number of esters is 1. The van der Waals surface area contributed by atoms with E-state index in [9.17, 15) is 4.79 Å². The number of allylic oxidation sites excluding steroid dienone is 1. The minimum absolute atomic E-state index is 0.00392. The van der Waals surface area contributed by atoms with Gasteiger partial charge in [-0.3, -0.25) is 9.78 Å². The summed E-state index contributed by atoms with van der Waals surface area (Å²) in [4.78, 5) is 17.0. The highest BCUT2D eigenvalue weighted by Gasteiger charge is 2.54. The van der Waals surface area contributed by atoms with Crippen molar-refractivity contribution in [1.29, 1.82) is 0 Å². The van der Waals surface area contributed by atoms with Gasteiger partial charge in [-0.25, -0.2) is 0 Å². The van der Waals surface area contributed by atoms with Crippen molar-refractivity contribution < 1.29 is 14.3 Å². The number of ether oxygens (including phenoxy) is 2. The molecule has 3 heterocycles. The van der Waals surface area contributed by atoms with E-state index in [1.54, 1.807) is 0 Å². The summed E-state index contributed by atoms with van der Waals surface area (Å²) in [6.45, 7) is 3.60. The number of hydrogen-bond donors (Lipinski definition) is 0. The first kappa shape index (κ1) is 19.8. The van der Waals surface area contributed by atoms with Crippen molar-refractivity contribution >= 4 is 23.6 Å². The third-order valence-electron chi connectivity index (χ3n) is 7.07. The fourth-order valence-electron chi connectivity index (χ4n) is 5.67. The van der Waals surface area contributed by atoms with Crippen molar-refractivity contribution in [3.63, 3.8) is 0 Å². The Bertz CT molecular complexity index is 957. The van der Waals surface area contributed by atoms with E-state index in [0.717, 1.165) is 47.9 Å². The smallest absolute Gasteiger partial charge is 0.309 e. The predicted octanol–water partition coefficient (Wildman–Crippen LogP) is 5.27. The monoisotopic (exact) mass is 423 g/mol. The highest BCUT2D eigenvalue weighted by Crippen LogP contribution is 2.51. The van der Waals surface area contributed by atoms with Crippen LogP contribution in [0.3, 0.4) is 0 Å². The largest absolute Gasteiger partial charge is 0.462 e.